The minimum Gasteiger partial charge on any atom is -0.476 e. The zero-order chi connectivity index (χ0) is 10.7. The van der Waals surface area contributed by atoms with Crippen molar-refractivity contribution in [2.75, 3.05) is 5.32 Å². The van der Waals surface area contributed by atoms with E-state index in [2.05, 4.69) is 30.9 Å². The molecule has 0 aliphatic carbocycles. The molecule has 2 heterocycles. The lowest BCUT2D eigenvalue weighted by molar-refractivity contribution is 0.0692. The molecule has 0 aliphatic rings. The minimum absolute atomic E-state index is 0.00324. The number of carboxylic acids is 1. The van der Waals surface area contributed by atoms with Crippen molar-refractivity contribution >= 4 is 22.3 Å². The fourth-order valence-corrected chi connectivity index (χ4v) is 1.61. The van der Waals surface area contributed by atoms with E-state index >= 15 is 0 Å². The van der Waals surface area contributed by atoms with Crippen molar-refractivity contribution < 1.29 is 9.90 Å². The summed E-state index contributed by atoms with van der Waals surface area (Å²) in [5.41, 5.74) is 1.46. The first-order chi connectivity index (χ1) is 7.27. The Balaban J connectivity index is 2.05. The predicted molar refractivity (Wildman–Crippen MR) is 50.6 cm³/mol. The van der Waals surface area contributed by atoms with Crippen LogP contribution in [0.4, 0.5) is 5.00 Å². The number of anilines is 1. The largest absolute Gasteiger partial charge is 0.476 e. The van der Waals surface area contributed by atoms with Crippen molar-refractivity contribution in [3.8, 4) is 0 Å². The van der Waals surface area contributed by atoms with Gasteiger partial charge in [0.05, 0.1) is 12.1 Å². The molecular formula is C6H6N6O2S. The summed E-state index contributed by atoms with van der Waals surface area (Å²) >= 11 is 1.21. The van der Waals surface area contributed by atoms with Gasteiger partial charge in [0.1, 0.15) is 5.00 Å². The van der Waals surface area contributed by atoms with E-state index in [0.29, 0.717) is 17.4 Å². The summed E-state index contributed by atoms with van der Waals surface area (Å²) in [6.07, 6.45) is 0. The molecule has 15 heavy (non-hydrogen) atoms. The standard InChI is InChI=1S/C6H6N6O2S/c13-6(14)4-5(15-2-8-4)7-1-3-9-11-12-10-3/h2,7H,1H2,(H,13,14)(H,9,10,11,12). The first-order valence-corrected chi connectivity index (χ1v) is 4.78. The SMILES string of the molecule is O=C(O)c1ncsc1NCc1nn[nH]n1. The summed E-state index contributed by atoms with van der Waals surface area (Å²) in [6, 6.07) is 0. The number of hydrogen-bond donors (Lipinski definition) is 3. The quantitative estimate of drug-likeness (QED) is 0.669. The lowest BCUT2D eigenvalue weighted by Gasteiger charge is -1.99. The van der Waals surface area contributed by atoms with E-state index in [1.165, 1.54) is 16.8 Å². The minimum atomic E-state index is -1.06. The zero-order valence-corrected chi connectivity index (χ0v) is 8.15. The van der Waals surface area contributed by atoms with Gasteiger partial charge in [-0.05, 0) is 0 Å². The van der Waals surface area contributed by atoms with Crippen LogP contribution in [-0.4, -0.2) is 36.7 Å². The fourth-order valence-electron chi connectivity index (χ4n) is 0.941. The maximum absolute atomic E-state index is 10.7. The average Bonchev–Trinajstić information content (AvgIpc) is 2.86. The molecule has 8 nitrogen and oxygen atoms in total. The third-order valence-corrected chi connectivity index (χ3v) is 2.35. The maximum Gasteiger partial charge on any atom is 0.357 e. The Morgan fingerprint density at radius 2 is 2.53 bits per heavy atom. The number of aromatic nitrogens is 5. The van der Waals surface area contributed by atoms with Gasteiger partial charge in [-0.1, -0.05) is 5.21 Å². The number of thiazole rings is 1. The van der Waals surface area contributed by atoms with Crippen molar-refractivity contribution in [1.82, 2.24) is 25.6 Å². The molecule has 2 rings (SSSR count). The number of aromatic amines is 1. The number of carbonyl (C=O) groups is 1. The van der Waals surface area contributed by atoms with Crippen molar-refractivity contribution in [2.24, 2.45) is 0 Å². The molecule has 78 valence electrons. The van der Waals surface area contributed by atoms with Crippen LogP contribution < -0.4 is 5.32 Å². The fraction of sp³-hybridized carbons (Fsp3) is 0.167. The van der Waals surface area contributed by atoms with Gasteiger partial charge in [-0.3, -0.25) is 0 Å². The summed E-state index contributed by atoms with van der Waals surface area (Å²) in [7, 11) is 0. The van der Waals surface area contributed by atoms with Crippen LogP contribution in [0, 0.1) is 0 Å². The monoisotopic (exact) mass is 226 g/mol. The molecule has 3 N–H and O–H groups in total. The van der Waals surface area contributed by atoms with Gasteiger partial charge in [0, 0.05) is 0 Å². The number of tetrazole rings is 1. The van der Waals surface area contributed by atoms with Crippen LogP contribution in [0.2, 0.25) is 0 Å². The third-order valence-electron chi connectivity index (χ3n) is 1.57. The summed E-state index contributed by atoms with van der Waals surface area (Å²) in [4.78, 5) is 14.4. The van der Waals surface area contributed by atoms with E-state index in [0.717, 1.165) is 0 Å². The van der Waals surface area contributed by atoms with Crippen LogP contribution in [0.25, 0.3) is 0 Å². The normalized spacial score (nSPS) is 10.1. The molecule has 9 heteroatoms. The van der Waals surface area contributed by atoms with Gasteiger partial charge in [0.25, 0.3) is 0 Å². The first kappa shape index (κ1) is 9.52. The number of H-pyrrole nitrogens is 1. The molecule has 2 aromatic heterocycles. The Morgan fingerprint density at radius 3 is 3.20 bits per heavy atom. The number of nitrogens with one attached hydrogen (secondary N) is 2. The molecule has 0 atom stereocenters. The molecule has 0 amide bonds. The van der Waals surface area contributed by atoms with E-state index in [-0.39, 0.29) is 5.69 Å². The summed E-state index contributed by atoms with van der Waals surface area (Å²) in [5.74, 6) is -0.605. The molecule has 0 saturated heterocycles. The Morgan fingerprint density at radius 1 is 1.67 bits per heavy atom. The lowest BCUT2D eigenvalue weighted by Crippen LogP contribution is -2.05. The molecule has 0 unspecified atom stereocenters. The molecule has 0 aromatic carbocycles. The number of rotatable bonds is 4. The van der Waals surface area contributed by atoms with Gasteiger partial charge in [0.15, 0.2) is 11.5 Å². The lowest BCUT2D eigenvalue weighted by atomic mass is 10.4. The second-order valence-electron chi connectivity index (χ2n) is 2.52. The predicted octanol–water partition coefficient (Wildman–Crippen LogP) is -0.0335. The van der Waals surface area contributed by atoms with Crippen LogP contribution in [-0.2, 0) is 6.54 Å². The summed E-state index contributed by atoms with van der Waals surface area (Å²) in [5, 5.41) is 25.2. The van der Waals surface area contributed by atoms with E-state index < -0.39 is 5.97 Å². The number of aromatic carboxylic acids is 1. The molecule has 2 aromatic rings. The van der Waals surface area contributed by atoms with Crippen molar-refractivity contribution in [3.05, 3.63) is 17.0 Å². The molecule has 0 bridgehead atoms. The topological polar surface area (TPSA) is 117 Å². The molecular weight excluding hydrogens is 220 g/mol. The van der Waals surface area contributed by atoms with Gasteiger partial charge in [-0.15, -0.1) is 21.5 Å². The van der Waals surface area contributed by atoms with E-state index in [4.69, 9.17) is 5.11 Å². The third kappa shape index (κ3) is 2.07. The van der Waals surface area contributed by atoms with Crippen LogP contribution in [0.15, 0.2) is 5.51 Å². The number of nitrogens with zero attached hydrogens (tertiary/aromatic N) is 4. The van der Waals surface area contributed by atoms with Crippen LogP contribution in [0.1, 0.15) is 16.3 Å². The highest BCUT2D eigenvalue weighted by Crippen LogP contribution is 2.20. The van der Waals surface area contributed by atoms with Gasteiger partial charge >= 0.3 is 5.97 Å². The smallest absolute Gasteiger partial charge is 0.357 e. The zero-order valence-electron chi connectivity index (χ0n) is 7.34. The van der Waals surface area contributed by atoms with Crippen molar-refractivity contribution in [1.29, 1.82) is 0 Å². The van der Waals surface area contributed by atoms with Gasteiger partial charge in [-0.2, -0.15) is 5.21 Å². The number of carboxylic acid groups (broad SMARTS) is 1. The van der Waals surface area contributed by atoms with Gasteiger partial charge < -0.3 is 10.4 Å². The highest BCUT2D eigenvalue weighted by Gasteiger charge is 2.13. The molecule has 0 saturated carbocycles. The summed E-state index contributed by atoms with van der Waals surface area (Å²) in [6.45, 7) is 0.305. The van der Waals surface area contributed by atoms with Crippen LogP contribution >= 0.6 is 11.3 Å². The second kappa shape index (κ2) is 4.00. The first-order valence-electron chi connectivity index (χ1n) is 3.90. The average molecular weight is 226 g/mol. The Bertz CT molecular complexity index is 452. The molecule has 0 radical (unpaired) electrons. The van der Waals surface area contributed by atoms with E-state index in [1.807, 2.05) is 0 Å². The van der Waals surface area contributed by atoms with E-state index in [9.17, 15) is 4.79 Å². The molecule has 0 aliphatic heterocycles. The van der Waals surface area contributed by atoms with E-state index in [1.54, 1.807) is 0 Å². The highest BCUT2D eigenvalue weighted by molar-refractivity contribution is 7.14. The van der Waals surface area contributed by atoms with Gasteiger partial charge in [-0.25, -0.2) is 9.78 Å². The summed E-state index contributed by atoms with van der Waals surface area (Å²) < 4.78 is 0. The Kier molecular flexibility index (Phi) is 2.54. The second-order valence-corrected chi connectivity index (χ2v) is 3.37. The van der Waals surface area contributed by atoms with Gasteiger partial charge in [0.2, 0.25) is 0 Å². The van der Waals surface area contributed by atoms with Crippen LogP contribution in [0.3, 0.4) is 0 Å². The van der Waals surface area contributed by atoms with Crippen molar-refractivity contribution in [2.45, 2.75) is 6.54 Å². The maximum atomic E-state index is 10.7. The highest BCUT2D eigenvalue weighted by atomic mass is 32.1. The molecule has 0 spiro atoms. The Hall–Kier alpha value is -2.03. The van der Waals surface area contributed by atoms with Crippen molar-refractivity contribution in [3.63, 3.8) is 0 Å². The van der Waals surface area contributed by atoms with Crippen LogP contribution in [0.5, 0.6) is 0 Å². The Labute approximate surface area is 87.4 Å². The number of hydrogen-bond acceptors (Lipinski definition) is 7. The molecule has 0 fully saturated rings.